The lowest BCUT2D eigenvalue weighted by atomic mass is 10.1. The third-order valence-corrected chi connectivity index (χ3v) is 1.84. The zero-order chi connectivity index (χ0) is 13.8. The second-order valence-corrected chi connectivity index (χ2v) is 3.78. The highest BCUT2D eigenvalue weighted by Gasteiger charge is 2.02. The van der Waals surface area contributed by atoms with E-state index in [1.807, 2.05) is 14.1 Å². The van der Waals surface area contributed by atoms with E-state index in [1.54, 1.807) is 0 Å². The lowest BCUT2D eigenvalue weighted by Crippen LogP contribution is -2.12. The highest BCUT2D eigenvalue weighted by molar-refractivity contribution is 5.85. The number of hydrogen-bond donors (Lipinski definition) is 2. The molecule has 0 aliphatic heterocycles. The van der Waals surface area contributed by atoms with Gasteiger partial charge in [0.1, 0.15) is 0 Å². The monoisotopic (exact) mass is 242 g/mol. The van der Waals surface area contributed by atoms with E-state index in [0.29, 0.717) is 12.0 Å². The van der Waals surface area contributed by atoms with E-state index in [1.165, 1.54) is 0 Å². The zero-order valence-corrected chi connectivity index (χ0v) is 10.6. The van der Waals surface area contributed by atoms with Gasteiger partial charge in [0.05, 0.1) is 0 Å². The zero-order valence-electron chi connectivity index (χ0n) is 10.6. The van der Waals surface area contributed by atoms with Gasteiger partial charge in [0.2, 0.25) is 5.91 Å². The van der Waals surface area contributed by atoms with Crippen molar-refractivity contribution in [2.75, 3.05) is 20.6 Å². The summed E-state index contributed by atoms with van der Waals surface area (Å²) in [5.41, 5.74) is 4.85. The number of amides is 1. The summed E-state index contributed by atoms with van der Waals surface area (Å²) in [5, 5.41) is 8.48. The Balaban J connectivity index is 0. The number of nitrogens with zero attached hydrogens (tertiary/aromatic N) is 1. The molecular weight excluding hydrogens is 220 g/mol. The van der Waals surface area contributed by atoms with E-state index < -0.39 is 11.9 Å². The second-order valence-electron chi connectivity index (χ2n) is 3.78. The van der Waals surface area contributed by atoms with Gasteiger partial charge in [-0.25, -0.2) is 4.79 Å². The summed E-state index contributed by atoms with van der Waals surface area (Å²) in [5.74, 6) is -1.36. The normalized spacial score (nSPS) is 9.12. The largest absolute Gasteiger partial charge is 0.478 e. The highest BCUT2D eigenvalue weighted by atomic mass is 16.4. The number of hydrogen-bond acceptors (Lipinski definition) is 3. The van der Waals surface area contributed by atoms with Gasteiger partial charge in [0, 0.05) is 5.57 Å². The van der Waals surface area contributed by atoms with E-state index in [2.05, 4.69) is 23.8 Å². The Labute approximate surface area is 103 Å². The Kier molecular flexibility index (Phi) is 11.4. The topological polar surface area (TPSA) is 83.6 Å². The summed E-state index contributed by atoms with van der Waals surface area (Å²) in [4.78, 5) is 21.9. The van der Waals surface area contributed by atoms with Crippen molar-refractivity contribution in [3.8, 4) is 0 Å². The van der Waals surface area contributed by atoms with Crippen molar-refractivity contribution in [3.05, 3.63) is 24.8 Å². The minimum absolute atomic E-state index is 0.314. The third-order valence-electron chi connectivity index (χ3n) is 1.84. The van der Waals surface area contributed by atoms with Gasteiger partial charge >= 0.3 is 5.97 Å². The fraction of sp³-hybridized carbons (Fsp3) is 0.500. The summed E-state index contributed by atoms with van der Waals surface area (Å²) < 4.78 is 0. The van der Waals surface area contributed by atoms with Gasteiger partial charge in [-0.15, -0.1) is 0 Å². The van der Waals surface area contributed by atoms with Crippen LogP contribution in [0, 0.1) is 0 Å². The second kappa shape index (κ2) is 10.9. The molecule has 0 radical (unpaired) electrons. The van der Waals surface area contributed by atoms with Crippen molar-refractivity contribution in [2.24, 2.45) is 5.73 Å². The van der Waals surface area contributed by atoms with Gasteiger partial charge in [-0.05, 0) is 46.0 Å². The molecule has 0 heterocycles. The molecule has 0 spiro atoms. The van der Waals surface area contributed by atoms with Crippen molar-refractivity contribution in [1.82, 2.24) is 4.90 Å². The molecule has 0 aliphatic rings. The standard InChI is InChI=1S/C9H17NO2.C3H5NO/c1-8(9(11)12)6-4-5-7-10(2)3;1-2-3(4)5/h1,4-7H2,2-3H3,(H,11,12);2H,1H2,(H2,4,5). The van der Waals surface area contributed by atoms with E-state index in [0.717, 1.165) is 25.5 Å². The lowest BCUT2D eigenvalue weighted by molar-refractivity contribution is -0.132. The summed E-state index contributed by atoms with van der Waals surface area (Å²) in [7, 11) is 4.01. The molecule has 0 aromatic rings. The molecule has 0 rings (SSSR count). The first kappa shape index (κ1) is 17.8. The molecule has 1 amide bonds. The Morgan fingerprint density at radius 1 is 1.35 bits per heavy atom. The molecule has 17 heavy (non-hydrogen) atoms. The van der Waals surface area contributed by atoms with Crippen molar-refractivity contribution in [2.45, 2.75) is 19.3 Å². The average molecular weight is 242 g/mol. The fourth-order valence-electron chi connectivity index (χ4n) is 0.873. The Bertz CT molecular complexity index is 273. The van der Waals surface area contributed by atoms with Crippen molar-refractivity contribution >= 4 is 11.9 Å². The van der Waals surface area contributed by atoms with Crippen molar-refractivity contribution in [1.29, 1.82) is 0 Å². The van der Waals surface area contributed by atoms with Crippen LogP contribution >= 0.6 is 0 Å². The first-order chi connectivity index (χ1) is 7.81. The number of nitrogens with two attached hydrogens (primary N) is 1. The number of carboxylic acid groups (broad SMARTS) is 1. The molecule has 98 valence electrons. The molecule has 5 nitrogen and oxygen atoms in total. The van der Waals surface area contributed by atoms with E-state index in [9.17, 15) is 9.59 Å². The molecule has 0 aliphatic carbocycles. The number of primary amides is 1. The van der Waals surface area contributed by atoms with Crippen LogP contribution in [0.4, 0.5) is 0 Å². The molecule has 0 saturated heterocycles. The van der Waals surface area contributed by atoms with Gasteiger partial charge in [0.15, 0.2) is 0 Å². The van der Waals surface area contributed by atoms with Crippen LogP contribution in [-0.2, 0) is 9.59 Å². The average Bonchev–Trinajstić information content (AvgIpc) is 2.24. The predicted molar refractivity (Wildman–Crippen MR) is 68.6 cm³/mol. The predicted octanol–water partition coefficient (Wildman–Crippen LogP) is 1.02. The molecule has 0 aromatic carbocycles. The Hall–Kier alpha value is -1.62. The smallest absolute Gasteiger partial charge is 0.330 e. The van der Waals surface area contributed by atoms with Crippen LogP contribution in [0.2, 0.25) is 0 Å². The number of carbonyl (C=O) groups excluding carboxylic acids is 1. The maximum absolute atomic E-state index is 10.3. The summed E-state index contributed by atoms with van der Waals surface area (Å²) in [6.45, 7) is 7.55. The molecule has 0 atom stereocenters. The quantitative estimate of drug-likeness (QED) is 0.515. The van der Waals surface area contributed by atoms with Gasteiger partial charge in [-0.2, -0.15) is 0 Å². The van der Waals surface area contributed by atoms with Crippen LogP contribution in [0.5, 0.6) is 0 Å². The van der Waals surface area contributed by atoms with Crippen LogP contribution in [0.25, 0.3) is 0 Å². The molecule has 0 saturated carbocycles. The van der Waals surface area contributed by atoms with Gasteiger partial charge in [0.25, 0.3) is 0 Å². The first-order valence-electron chi connectivity index (χ1n) is 5.29. The van der Waals surface area contributed by atoms with Crippen LogP contribution in [-0.4, -0.2) is 42.5 Å². The number of rotatable bonds is 7. The number of unbranched alkanes of at least 4 members (excludes halogenated alkanes) is 1. The summed E-state index contributed by atoms with van der Waals surface area (Å²) >= 11 is 0. The van der Waals surface area contributed by atoms with E-state index in [-0.39, 0.29) is 0 Å². The van der Waals surface area contributed by atoms with Crippen molar-refractivity contribution in [3.63, 3.8) is 0 Å². The van der Waals surface area contributed by atoms with E-state index in [4.69, 9.17) is 5.11 Å². The first-order valence-corrected chi connectivity index (χ1v) is 5.29. The molecule has 0 aromatic heterocycles. The van der Waals surface area contributed by atoms with Gasteiger partial charge in [-0.3, -0.25) is 4.79 Å². The molecular formula is C12H22N2O3. The minimum Gasteiger partial charge on any atom is -0.478 e. The van der Waals surface area contributed by atoms with Crippen LogP contribution < -0.4 is 5.73 Å². The molecule has 0 unspecified atom stereocenters. The van der Waals surface area contributed by atoms with Crippen molar-refractivity contribution < 1.29 is 14.7 Å². The van der Waals surface area contributed by atoms with Crippen LogP contribution in [0.1, 0.15) is 19.3 Å². The van der Waals surface area contributed by atoms with E-state index >= 15 is 0 Å². The SMILES string of the molecule is C=C(CCCCN(C)C)C(=O)O.C=CC(N)=O. The van der Waals surface area contributed by atoms with Gasteiger partial charge < -0.3 is 15.7 Å². The Morgan fingerprint density at radius 3 is 2.12 bits per heavy atom. The third kappa shape index (κ3) is 17.0. The number of carbonyl (C=O) groups is 2. The number of carboxylic acids is 1. The summed E-state index contributed by atoms with van der Waals surface area (Å²) in [6, 6.07) is 0. The summed E-state index contributed by atoms with van der Waals surface area (Å²) in [6.07, 6.45) is 3.59. The Morgan fingerprint density at radius 2 is 1.82 bits per heavy atom. The maximum Gasteiger partial charge on any atom is 0.330 e. The molecule has 0 bridgehead atoms. The van der Waals surface area contributed by atoms with Crippen LogP contribution in [0.15, 0.2) is 24.8 Å². The molecule has 5 heteroatoms. The minimum atomic E-state index is -0.875. The highest BCUT2D eigenvalue weighted by Crippen LogP contribution is 2.04. The molecule has 3 N–H and O–H groups in total. The molecule has 0 fully saturated rings. The fourth-order valence-corrected chi connectivity index (χ4v) is 0.873. The van der Waals surface area contributed by atoms with Gasteiger partial charge in [-0.1, -0.05) is 13.2 Å². The van der Waals surface area contributed by atoms with Crippen LogP contribution in [0.3, 0.4) is 0 Å². The lowest BCUT2D eigenvalue weighted by Gasteiger charge is -2.08. The maximum atomic E-state index is 10.3. The number of aliphatic carboxylic acids is 1.